The van der Waals surface area contributed by atoms with E-state index in [1.807, 2.05) is 19.2 Å². The largest absolute Gasteiger partial charge is 0.481 e. The lowest BCUT2D eigenvalue weighted by Gasteiger charge is -2.29. The zero-order valence-electron chi connectivity index (χ0n) is 30.9. The Kier molecular flexibility index (Phi) is 21.6. The molecular formula is C32H55N9O12. The van der Waals surface area contributed by atoms with Crippen molar-refractivity contribution in [2.24, 2.45) is 29.2 Å². The summed E-state index contributed by atoms with van der Waals surface area (Å²) in [6.45, 7) is 8.70. The number of carbonyl (C=O) groups excluding carboxylic acids is 8. The molecule has 300 valence electrons. The summed E-state index contributed by atoms with van der Waals surface area (Å²) in [5.41, 5.74) is 10.5. The predicted octanol–water partition coefficient (Wildman–Crippen LogP) is -3.83. The van der Waals surface area contributed by atoms with E-state index in [4.69, 9.17) is 16.6 Å². The van der Waals surface area contributed by atoms with Gasteiger partial charge in [-0.05, 0) is 37.0 Å². The summed E-state index contributed by atoms with van der Waals surface area (Å²) in [5, 5.41) is 34.6. The van der Waals surface area contributed by atoms with Gasteiger partial charge in [0.2, 0.25) is 47.3 Å². The number of primary amides is 1. The second-order valence-corrected chi connectivity index (χ2v) is 13.5. The van der Waals surface area contributed by atoms with Crippen molar-refractivity contribution in [1.82, 2.24) is 37.2 Å². The first-order valence-corrected chi connectivity index (χ1v) is 17.0. The molecule has 0 aromatic rings. The molecule has 0 rings (SSSR count). The molecule has 21 heteroatoms. The van der Waals surface area contributed by atoms with E-state index in [1.165, 1.54) is 0 Å². The number of aliphatic carboxylic acids is 2. The third kappa shape index (κ3) is 20.3. The Hall–Kier alpha value is -5.34. The van der Waals surface area contributed by atoms with Crippen LogP contribution in [-0.4, -0.2) is 119 Å². The summed E-state index contributed by atoms with van der Waals surface area (Å²) in [6.07, 6.45) is -1.49. The van der Waals surface area contributed by atoms with Gasteiger partial charge in [0, 0.05) is 6.42 Å². The Labute approximate surface area is 307 Å². The van der Waals surface area contributed by atoms with Crippen molar-refractivity contribution in [1.29, 1.82) is 0 Å². The summed E-state index contributed by atoms with van der Waals surface area (Å²) in [4.78, 5) is 124. The summed E-state index contributed by atoms with van der Waals surface area (Å²) >= 11 is 0. The van der Waals surface area contributed by atoms with Crippen molar-refractivity contribution in [2.45, 2.75) is 104 Å². The minimum Gasteiger partial charge on any atom is -0.481 e. The molecule has 8 amide bonds. The molecule has 0 aromatic carbocycles. The van der Waals surface area contributed by atoms with E-state index in [0.29, 0.717) is 0 Å². The van der Waals surface area contributed by atoms with Crippen molar-refractivity contribution in [3.05, 3.63) is 0 Å². The zero-order chi connectivity index (χ0) is 41.0. The summed E-state index contributed by atoms with van der Waals surface area (Å²) in [6, 6.07) is -6.95. The highest BCUT2D eigenvalue weighted by atomic mass is 16.4. The first-order valence-electron chi connectivity index (χ1n) is 17.0. The number of carbonyl (C=O) groups is 10. The molecule has 0 aliphatic carbocycles. The van der Waals surface area contributed by atoms with Gasteiger partial charge in [-0.15, -0.1) is 0 Å². The number of amides is 8. The quantitative estimate of drug-likeness (QED) is 0.0426. The van der Waals surface area contributed by atoms with Crippen LogP contribution >= 0.6 is 0 Å². The maximum absolute atomic E-state index is 13.6. The van der Waals surface area contributed by atoms with E-state index in [2.05, 4.69) is 31.9 Å². The lowest BCUT2D eigenvalue weighted by atomic mass is 9.98. The van der Waals surface area contributed by atoms with Crippen LogP contribution in [0.15, 0.2) is 0 Å². The second kappa shape index (κ2) is 24.0. The maximum atomic E-state index is 13.6. The van der Waals surface area contributed by atoms with E-state index in [1.54, 1.807) is 27.7 Å². The molecule has 0 unspecified atom stereocenters. The molecule has 0 radical (unpaired) electrons. The van der Waals surface area contributed by atoms with E-state index in [9.17, 15) is 53.1 Å². The van der Waals surface area contributed by atoms with Gasteiger partial charge in [0.1, 0.15) is 36.8 Å². The molecule has 21 nitrogen and oxygen atoms in total. The number of hydrogen-bond donors (Lipinski definition) is 11. The smallest absolute Gasteiger partial charge is 0.322 e. The topological polar surface area (TPSA) is 347 Å². The van der Waals surface area contributed by atoms with Gasteiger partial charge in [-0.3, -0.25) is 47.9 Å². The van der Waals surface area contributed by atoms with Gasteiger partial charge in [-0.1, -0.05) is 41.5 Å². The van der Waals surface area contributed by atoms with Gasteiger partial charge in [0.25, 0.3) is 0 Å². The van der Waals surface area contributed by atoms with Crippen LogP contribution in [0.1, 0.15) is 73.6 Å². The van der Waals surface area contributed by atoms with Crippen LogP contribution in [0.25, 0.3) is 0 Å². The molecule has 0 heterocycles. The monoisotopic (exact) mass is 757 g/mol. The number of carboxylic acids is 2. The van der Waals surface area contributed by atoms with Crippen LogP contribution in [-0.2, 0) is 47.9 Å². The molecule has 0 saturated heterocycles. The SMILES string of the molecule is CC(C)C[C@H](NC(=O)CNC(=O)CN)C(=O)N[C@@H](CC(C)C)C(=O)N[C@H](C(=O)N[C@@H](CCC(N)=O)C(=O)N[C@@H](CC(=O)O)C(=O)NCC(=O)O)C(C)C. The number of nitrogens with two attached hydrogens (primary N) is 2. The molecule has 0 saturated carbocycles. The molecule has 5 atom stereocenters. The van der Waals surface area contributed by atoms with Crippen molar-refractivity contribution in [3.8, 4) is 0 Å². The number of carboxylic acid groups (broad SMARTS) is 2. The average Bonchev–Trinajstić information content (AvgIpc) is 3.04. The van der Waals surface area contributed by atoms with Crippen LogP contribution in [0, 0.1) is 17.8 Å². The molecule has 0 aliphatic rings. The van der Waals surface area contributed by atoms with Crippen LogP contribution in [0.5, 0.6) is 0 Å². The molecule has 0 fully saturated rings. The van der Waals surface area contributed by atoms with Gasteiger partial charge in [-0.25, -0.2) is 0 Å². The van der Waals surface area contributed by atoms with E-state index < -0.39 is 128 Å². The third-order valence-electron chi connectivity index (χ3n) is 7.32. The molecule has 0 bridgehead atoms. The Morgan fingerprint density at radius 3 is 1.51 bits per heavy atom. The molecular weight excluding hydrogens is 702 g/mol. The molecule has 0 aromatic heterocycles. The fourth-order valence-electron chi connectivity index (χ4n) is 4.72. The first kappa shape index (κ1) is 47.7. The molecule has 0 spiro atoms. The first-order chi connectivity index (χ1) is 24.6. The zero-order valence-corrected chi connectivity index (χ0v) is 30.9. The third-order valence-corrected chi connectivity index (χ3v) is 7.32. The Morgan fingerprint density at radius 1 is 0.547 bits per heavy atom. The van der Waals surface area contributed by atoms with Crippen molar-refractivity contribution >= 4 is 59.2 Å². The lowest BCUT2D eigenvalue weighted by molar-refractivity contribution is -0.142. The van der Waals surface area contributed by atoms with Crippen LogP contribution in [0.2, 0.25) is 0 Å². The van der Waals surface area contributed by atoms with Crippen LogP contribution in [0.3, 0.4) is 0 Å². The number of rotatable bonds is 25. The highest BCUT2D eigenvalue weighted by Gasteiger charge is 2.34. The van der Waals surface area contributed by atoms with E-state index in [-0.39, 0.29) is 31.2 Å². The Bertz CT molecular complexity index is 1340. The molecule has 13 N–H and O–H groups in total. The van der Waals surface area contributed by atoms with Crippen molar-refractivity contribution in [2.75, 3.05) is 19.6 Å². The van der Waals surface area contributed by atoms with E-state index >= 15 is 0 Å². The van der Waals surface area contributed by atoms with E-state index in [0.717, 1.165) is 0 Å². The van der Waals surface area contributed by atoms with Crippen molar-refractivity contribution in [3.63, 3.8) is 0 Å². The fourth-order valence-corrected chi connectivity index (χ4v) is 4.72. The lowest BCUT2D eigenvalue weighted by Crippen LogP contribution is -2.60. The summed E-state index contributed by atoms with van der Waals surface area (Å²) in [7, 11) is 0. The second-order valence-electron chi connectivity index (χ2n) is 13.5. The van der Waals surface area contributed by atoms with Gasteiger partial charge >= 0.3 is 11.9 Å². The molecule has 0 aliphatic heterocycles. The van der Waals surface area contributed by atoms with Crippen molar-refractivity contribution < 1.29 is 58.2 Å². The van der Waals surface area contributed by atoms with Gasteiger partial charge in [-0.2, -0.15) is 0 Å². The van der Waals surface area contributed by atoms with Gasteiger partial charge in [0.15, 0.2) is 0 Å². The normalized spacial score (nSPS) is 13.8. The average molecular weight is 758 g/mol. The minimum atomic E-state index is -1.76. The van der Waals surface area contributed by atoms with Crippen LogP contribution in [0.4, 0.5) is 0 Å². The number of hydrogen-bond acceptors (Lipinski definition) is 11. The Balaban J connectivity index is 6.16. The number of nitrogens with one attached hydrogen (secondary N) is 7. The van der Waals surface area contributed by atoms with Gasteiger partial charge in [0.05, 0.1) is 19.5 Å². The Morgan fingerprint density at radius 2 is 1.04 bits per heavy atom. The standard InChI is InChI=1S/C32H55N9O12/c1-15(2)9-19(37-24(44)13-35-23(43)12-33)30(51)39-20(10-16(3)4)31(52)41-27(17(5)6)32(53)38-18(7-8-22(34)42)29(50)40-21(11-25(45)46)28(49)36-14-26(47)48/h15-21,27H,7-14,33H2,1-6H3,(H2,34,42)(H,35,43)(H,36,49)(H,37,44)(H,38,53)(H,39,51)(H,40,50)(H,41,52)(H,45,46)(H,47,48)/t18-,19-,20-,21-,27-/m0/s1. The fraction of sp³-hybridized carbons (Fsp3) is 0.688. The minimum absolute atomic E-state index is 0.0747. The highest BCUT2D eigenvalue weighted by molar-refractivity contribution is 5.97. The predicted molar refractivity (Wildman–Crippen MR) is 187 cm³/mol. The maximum Gasteiger partial charge on any atom is 0.322 e. The summed E-state index contributed by atoms with van der Waals surface area (Å²) in [5.74, 6) is -10.5. The highest BCUT2D eigenvalue weighted by Crippen LogP contribution is 2.11. The molecule has 53 heavy (non-hydrogen) atoms. The summed E-state index contributed by atoms with van der Waals surface area (Å²) < 4.78 is 0. The van der Waals surface area contributed by atoms with Gasteiger partial charge < -0.3 is 58.9 Å². The van der Waals surface area contributed by atoms with Crippen LogP contribution < -0.4 is 48.7 Å².